The lowest BCUT2D eigenvalue weighted by Gasteiger charge is -2.09. The molecule has 0 aliphatic heterocycles. The van der Waals surface area contributed by atoms with E-state index in [1.54, 1.807) is 16.8 Å². The number of halogens is 1. The van der Waals surface area contributed by atoms with Crippen LogP contribution in [0.4, 0.5) is 4.39 Å². The quantitative estimate of drug-likeness (QED) is 0.916. The molecule has 0 atom stereocenters. The first kappa shape index (κ1) is 15.7. The Morgan fingerprint density at radius 2 is 2.17 bits per heavy atom. The lowest BCUT2D eigenvalue weighted by Crippen LogP contribution is -2.28. The maximum atomic E-state index is 13.5. The van der Waals surface area contributed by atoms with Crippen LogP contribution >= 0.6 is 0 Å². The van der Waals surface area contributed by atoms with Gasteiger partial charge in [-0.3, -0.25) is 4.79 Å². The SMILES string of the molecule is Cc1c(C(=O)NCC(C)C)c(C2CC2)nn1-c1cccc(F)c1. The van der Waals surface area contributed by atoms with Crippen LogP contribution in [-0.2, 0) is 0 Å². The standard InChI is InChI=1S/C18H22FN3O/c1-11(2)10-20-18(23)16-12(3)22(21-17(16)13-7-8-13)15-6-4-5-14(19)9-15/h4-6,9,11,13H,7-8,10H2,1-3H3,(H,20,23). The normalized spacial score (nSPS) is 14.3. The Hall–Kier alpha value is -2.17. The van der Waals surface area contributed by atoms with Gasteiger partial charge >= 0.3 is 0 Å². The fourth-order valence-electron chi connectivity index (χ4n) is 2.69. The molecule has 0 saturated heterocycles. The van der Waals surface area contributed by atoms with Crippen LogP contribution in [0.15, 0.2) is 24.3 Å². The van der Waals surface area contributed by atoms with E-state index in [1.165, 1.54) is 12.1 Å². The second-order valence-corrected chi connectivity index (χ2v) is 6.62. The van der Waals surface area contributed by atoms with Gasteiger partial charge in [-0.1, -0.05) is 19.9 Å². The van der Waals surface area contributed by atoms with Crippen molar-refractivity contribution in [2.24, 2.45) is 5.92 Å². The molecule has 122 valence electrons. The molecule has 1 N–H and O–H groups in total. The largest absolute Gasteiger partial charge is 0.352 e. The minimum atomic E-state index is -0.309. The summed E-state index contributed by atoms with van der Waals surface area (Å²) in [6, 6.07) is 6.30. The molecule has 0 spiro atoms. The molecule has 1 amide bonds. The third-order valence-electron chi connectivity index (χ3n) is 4.06. The van der Waals surface area contributed by atoms with Crippen molar-refractivity contribution in [3.63, 3.8) is 0 Å². The van der Waals surface area contributed by atoms with Crippen molar-refractivity contribution in [2.75, 3.05) is 6.54 Å². The fourth-order valence-corrected chi connectivity index (χ4v) is 2.69. The Bertz CT molecular complexity index is 732. The maximum absolute atomic E-state index is 13.5. The summed E-state index contributed by atoms with van der Waals surface area (Å²) >= 11 is 0. The molecule has 0 bridgehead atoms. The van der Waals surface area contributed by atoms with Gasteiger partial charge in [-0.15, -0.1) is 0 Å². The summed E-state index contributed by atoms with van der Waals surface area (Å²) in [4.78, 5) is 12.6. The van der Waals surface area contributed by atoms with Crippen molar-refractivity contribution < 1.29 is 9.18 Å². The van der Waals surface area contributed by atoms with Crippen molar-refractivity contribution in [1.82, 2.24) is 15.1 Å². The van der Waals surface area contributed by atoms with Gasteiger partial charge in [-0.05, 0) is 43.9 Å². The van der Waals surface area contributed by atoms with E-state index >= 15 is 0 Å². The van der Waals surface area contributed by atoms with E-state index in [2.05, 4.69) is 24.3 Å². The Morgan fingerprint density at radius 1 is 1.43 bits per heavy atom. The second kappa shape index (κ2) is 6.14. The highest BCUT2D eigenvalue weighted by atomic mass is 19.1. The summed E-state index contributed by atoms with van der Waals surface area (Å²) < 4.78 is 15.2. The van der Waals surface area contributed by atoms with Gasteiger partial charge in [0.25, 0.3) is 5.91 Å². The van der Waals surface area contributed by atoms with Crippen LogP contribution in [0.3, 0.4) is 0 Å². The zero-order valence-electron chi connectivity index (χ0n) is 13.8. The molecular weight excluding hydrogens is 293 g/mol. The smallest absolute Gasteiger partial charge is 0.255 e. The maximum Gasteiger partial charge on any atom is 0.255 e. The topological polar surface area (TPSA) is 46.9 Å². The van der Waals surface area contributed by atoms with E-state index in [0.717, 1.165) is 24.2 Å². The summed E-state index contributed by atoms with van der Waals surface area (Å²) in [5.74, 6) is 0.349. The van der Waals surface area contributed by atoms with Gasteiger partial charge in [-0.25, -0.2) is 9.07 Å². The monoisotopic (exact) mass is 315 g/mol. The van der Waals surface area contributed by atoms with Crippen molar-refractivity contribution in [3.8, 4) is 5.69 Å². The van der Waals surface area contributed by atoms with E-state index in [1.807, 2.05) is 6.92 Å². The van der Waals surface area contributed by atoms with Crippen LogP contribution in [0.2, 0.25) is 0 Å². The van der Waals surface area contributed by atoms with Crippen LogP contribution in [0.25, 0.3) is 5.69 Å². The summed E-state index contributed by atoms with van der Waals surface area (Å²) in [6.45, 7) is 6.62. The molecule has 1 aliphatic carbocycles. The number of nitrogens with zero attached hydrogens (tertiary/aromatic N) is 2. The van der Waals surface area contributed by atoms with Crippen LogP contribution in [0.1, 0.15) is 54.4 Å². The molecule has 0 unspecified atom stereocenters. The predicted molar refractivity (Wildman–Crippen MR) is 87.4 cm³/mol. The number of benzene rings is 1. The number of hydrogen-bond donors (Lipinski definition) is 1. The molecule has 0 radical (unpaired) electrons. The fraction of sp³-hybridized carbons (Fsp3) is 0.444. The lowest BCUT2D eigenvalue weighted by molar-refractivity contribution is 0.0947. The van der Waals surface area contributed by atoms with Gasteiger partial charge in [0, 0.05) is 12.5 Å². The first-order valence-corrected chi connectivity index (χ1v) is 8.11. The van der Waals surface area contributed by atoms with E-state index in [9.17, 15) is 9.18 Å². The third kappa shape index (κ3) is 3.28. The van der Waals surface area contributed by atoms with Crippen molar-refractivity contribution in [1.29, 1.82) is 0 Å². The van der Waals surface area contributed by atoms with Gasteiger partial charge in [0.1, 0.15) is 5.82 Å². The minimum absolute atomic E-state index is 0.0826. The molecule has 23 heavy (non-hydrogen) atoms. The first-order valence-electron chi connectivity index (χ1n) is 8.11. The minimum Gasteiger partial charge on any atom is -0.352 e. The average Bonchev–Trinajstić information content (AvgIpc) is 3.28. The molecule has 1 fully saturated rings. The number of nitrogens with one attached hydrogen (secondary N) is 1. The highest BCUT2D eigenvalue weighted by Gasteiger charge is 2.33. The highest BCUT2D eigenvalue weighted by Crippen LogP contribution is 2.42. The van der Waals surface area contributed by atoms with E-state index in [0.29, 0.717) is 29.6 Å². The Morgan fingerprint density at radius 3 is 2.78 bits per heavy atom. The number of rotatable bonds is 5. The molecule has 1 aromatic carbocycles. The van der Waals surface area contributed by atoms with Gasteiger partial charge in [0.2, 0.25) is 0 Å². The molecule has 4 nitrogen and oxygen atoms in total. The zero-order chi connectivity index (χ0) is 16.6. The molecule has 5 heteroatoms. The van der Waals surface area contributed by atoms with Gasteiger partial charge in [0.15, 0.2) is 0 Å². The Balaban J connectivity index is 2.00. The second-order valence-electron chi connectivity index (χ2n) is 6.62. The van der Waals surface area contributed by atoms with Gasteiger partial charge in [-0.2, -0.15) is 5.10 Å². The first-order chi connectivity index (χ1) is 11.0. The molecule has 1 aliphatic rings. The molecule has 1 saturated carbocycles. The Kier molecular flexibility index (Phi) is 4.20. The highest BCUT2D eigenvalue weighted by molar-refractivity contribution is 5.97. The van der Waals surface area contributed by atoms with Gasteiger partial charge < -0.3 is 5.32 Å². The number of carbonyl (C=O) groups is 1. The number of amides is 1. The number of carbonyl (C=O) groups excluding carboxylic acids is 1. The van der Waals surface area contributed by atoms with Crippen LogP contribution in [0, 0.1) is 18.7 Å². The van der Waals surface area contributed by atoms with Gasteiger partial charge in [0.05, 0.1) is 22.6 Å². The molecule has 3 rings (SSSR count). The Labute approximate surface area is 135 Å². The number of aromatic nitrogens is 2. The van der Waals surface area contributed by atoms with Crippen LogP contribution in [-0.4, -0.2) is 22.2 Å². The summed E-state index contributed by atoms with van der Waals surface area (Å²) in [5.41, 5.74) is 2.90. The average molecular weight is 315 g/mol. The summed E-state index contributed by atoms with van der Waals surface area (Å²) in [7, 11) is 0. The van der Waals surface area contributed by atoms with Crippen molar-refractivity contribution in [2.45, 2.75) is 39.5 Å². The number of hydrogen-bond acceptors (Lipinski definition) is 2. The third-order valence-corrected chi connectivity index (χ3v) is 4.06. The molecule has 2 aromatic rings. The van der Waals surface area contributed by atoms with E-state index < -0.39 is 0 Å². The molecule has 1 heterocycles. The lowest BCUT2D eigenvalue weighted by atomic mass is 10.1. The van der Waals surface area contributed by atoms with Crippen LogP contribution < -0.4 is 5.32 Å². The summed E-state index contributed by atoms with van der Waals surface area (Å²) in [6.07, 6.45) is 2.12. The summed E-state index contributed by atoms with van der Waals surface area (Å²) in [5, 5.41) is 7.59. The van der Waals surface area contributed by atoms with E-state index in [4.69, 9.17) is 0 Å². The molecular formula is C18H22FN3O. The molecule has 1 aromatic heterocycles. The van der Waals surface area contributed by atoms with E-state index in [-0.39, 0.29) is 11.7 Å². The van der Waals surface area contributed by atoms with Crippen LogP contribution in [0.5, 0.6) is 0 Å². The van der Waals surface area contributed by atoms with Crippen molar-refractivity contribution in [3.05, 3.63) is 47.0 Å². The van der Waals surface area contributed by atoms with Crippen molar-refractivity contribution >= 4 is 5.91 Å². The zero-order valence-corrected chi connectivity index (χ0v) is 13.8. The predicted octanol–water partition coefficient (Wildman–Crippen LogP) is 3.58.